The molecule has 1 aliphatic rings. The monoisotopic (exact) mass is 303 g/mol. The highest BCUT2D eigenvalue weighted by Gasteiger charge is 2.41. The number of hydrogen-bond donors (Lipinski definition) is 0. The third kappa shape index (κ3) is 3.27. The summed E-state index contributed by atoms with van der Waals surface area (Å²) >= 11 is 0. The topological polar surface area (TPSA) is 3.24 Å². The largest absolute Gasteiger partial charge is 0.293 e. The number of benzene rings is 1. The zero-order chi connectivity index (χ0) is 16.3. The summed E-state index contributed by atoms with van der Waals surface area (Å²) in [5, 5.41) is 0. The number of halogens is 1. The van der Waals surface area contributed by atoms with E-state index in [2.05, 4.69) is 50.4 Å². The summed E-state index contributed by atoms with van der Waals surface area (Å²) in [6.07, 6.45) is 3.61. The smallest absolute Gasteiger partial charge is 0.109 e. The number of likely N-dealkylation sites (N-methyl/N-ethyl adjacent to an activating group) is 1. The van der Waals surface area contributed by atoms with E-state index in [9.17, 15) is 4.39 Å². The van der Waals surface area contributed by atoms with E-state index in [1.54, 1.807) is 0 Å². The summed E-state index contributed by atoms with van der Waals surface area (Å²) in [5.41, 5.74) is 3.69. The molecule has 3 atom stereocenters. The molecule has 0 heterocycles. The second-order valence-electron chi connectivity index (χ2n) is 7.25. The first kappa shape index (κ1) is 17.2. The second kappa shape index (κ2) is 6.95. The quantitative estimate of drug-likeness (QED) is 0.657. The summed E-state index contributed by atoms with van der Waals surface area (Å²) in [4.78, 5) is 2.13. The van der Waals surface area contributed by atoms with Crippen LogP contribution in [-0.2, 0) is 6.54 Å². The van der Waals surface area contributed by atoms with E-state index >= 15 is 0 Å². The van der Waals surface area contributed by atoms with Crippen LogP contribution in [0.3, 0.4) is 0 Å². The fourth-order valence-corrected chi connectivity index (χ4v) is 3.84. The van der Waals surface area contributed by atoms with Gasteiger partial charge in [0, 0.05) is 6.54 Å². The molecule has 0 bridgehead atoms. The molecule has 122 valence electrons. The molecule has 2 heteroatoms. The van der Waals surface area contributed by atoms with Gasteiger partial charge in [0.25, 0.3) is 0 Å². The Labute approximate surface area is 135 Å². The summed E-state index contributed by atoms with van der Waals surface area (Å²) in [6.45, 7) is 11.4. The van der Waals surface area contributed by atoms with E-state index in [1.807, 2.05) is 13.1 Å². The predicted octanol–water partition coefficient (Wildman–Crippen LogP) is 5.15. The zero-order valence-corrected chi connectivity index (χ0v) is 14.5. The molecule has 1 saturated carbocycles. The Morgan fingerprint density at radius 3 is 2.68 bits per heavy atom. The lowest BCUT2D eigenvalue weighted by Crippen LogP contribution is -2.40. The predicted molar refractivity (Wildman–Crippen MR) is 92.7 cm³/mol. The zero-order valence-electron chi connectivity index (χ0n) is 14.5. The van der Waals surface area contributed by atoms with Crippen molar-refractivity contribution in [1.29, 1.82) is 0 Å². The molecule has 1 nitrogen and oxygen atoms in total. The molecule has 0 saturated heterocycles. The minimum absolute atomic E-state index is 0.0801. The first-order valence-corrected chi connectivity index (χ1v) is 8.40. The standard InChI is InChI=1S/C20H30FN/c1-15-9-6-7-11-18(15)14-22(5)19(13-21)17(3)20(4)12-8-10-16(20)2/h6-7,9,11,16,19H,3,8,10,12-14H2,1-2,4-5H3. The Hall–Kier alpha value is -1.15. The molecule has 0 aliphatic heterocycles. The van der Waals surface area contributed by atoms with Crippen LogP contribution < -0.4 is 0 Å². The number of nitrogens with zero attached hydrogens (tertiary/aromatic N) is 1. The van der Waals surface area contributed by atoms with Crippen molar-refractivity contribution in [3.63, 3.8) is 0 Å². The third-order valence-corrected chi connectivity index (χ3v) is 5.92. The van der Waals surface area contributed by atoms with Crippen molar-refractivity contribution >= 4 is 0 Å². The van der Waals surface area contributed by atoms with Gasteiger partial charge in [-0.3, -0.25) is 4.90 Å². The van der Waals surface area contributed by atoms with Gasteiger partial charge in [0.05, 0.1) is 6.04 Å². The molecule has 1 aromatic rings. The van der Waals surface area contributed by atoms with Gasteiger partial charge in [-0.1, -0.05) is 56.7 Å². The van der Waals surface area contributed by atoms with E-state index in [0.29, 0.717) is 5.92 Å². The average Bonchev–Trinajstić information content (AvgIpc) is 2.83. The minimum atomic E-state index is -0.358. The van der Waals surface area contributed by atoms with Gasteiger partial charge in [-0.25, -0.2) is 4.39 Å². The minimum Gasteiger partial charge on any atom is -0.293 e. The van der Waals surface area contributed by atoms with Crippen LogP contribution in [0, 0.1) is 18.3 Å². The van der Waals surface area contributed by atoms with Crippen LogP contribution in [0.1, 0.15) is 44.2 Å². The van der Waals surface area contributed by atoms with E-state index < -0.39 is 0 Å². The molecule has 3 unspecified atom stereocenters. The molecule has 0 spiro atoms. The van der Waals surface area contributed by atoms with Crippen LogP contribution in [0.25, 0.3) is 0 Å². The summed E-state index contributed by atoms with van der Waals surface area (Å²) in [6, 6.07) is 8.15. The van der Waals surface area contributed by atoms with Crippen LogP contribution in [0.15, 0.2) is 36.4 Å². The molecule has 0 radical (unpaired) electrons. The molecule has 1 fully saturated rings. The van der Waals surface area contributed by atoms with Crippen LogP contribution in [0.2, 0.25) is 0 Å². The van der Waals surface area contributed by atoms with Gasteiger partial charge in [0.15, 0.2) is 0 Å². The average molecular weight is 303 g/mol. The van der Waals surface area contributed by atoms with Gasteiger partial charge in [-0.05, 0) is 49.3 Å². The van der Waals surface area contributed by atoms with Crippen molar-refractivity contribution in [1.82, 2.24) is 4.90 Å². The van der Waals surface area contributed by atoms with Gasteiger partial charge in [0.1, 0.15) is 6.67 Å². The SMILES string of the molecule is C=C(C(CF)N(C)Cc1ccccc1C)C1(C)CCCC1C. The second-order valence-corrected chi connectivity index (χ2v) is 7.25. The Morgan fingerprint density at radius 2 is 2.14 bits per heavy atom. The summed E-state index contributed by atoms with van der Waals surface area (Å²) in [5.74, 6) is 0.598. The first-order valence-electron chi connectivity index (χ1n) is 8.40. The lowest BCUT2D eigenvalue weighted by atomic mass is 9.72. The lowest BCUT2D eigenvalue weighted by Gasteiger charge is -2.39. The normalized spacial score (nSPS) is 26.4. The van der Waals surface area contributed by atoms with Crippen molar-refractivity contribution in [3.05, 3.63) is 47.5 Å². The molecular weight excluding hydrogens is 273 g/mol. The summed E-state index contributed by atoms with van der Waals surface area (Å²) < 4.78 is 13.8. The highest BCUT2D eigenvalue weighted by atomic mass is 19.1. The van der Waals surface area contributed by atoms with Crippen molar-refractivity contribution in [2.45, 2.75) is 52.6 Å². The Morgan fingerprint density at radius 1 is 1.45 bits per heavy atom. The molecule has 1 aromatic carbocycles. The molecule has 2 rings (SSSR count). The van der Waals surface area contributed by atoms with E-state index in [4.69, 9.17) is 0 Å². The van der Waals surface area contributed by atoms with Crippen molar-refractivity contribution in [2.75, 3.05) is 13.7 Å². The van der Waals surface area contributed by atoms with Gasteiger partial charge < -0.3 is 0 Å². The highest BCUT2D eigenvalue weighted by molar-refractivity contribution is 5.26. The number of aryl methyl sites for hydroxylation is 1. The van der Waals surface area contributed by atoms with Crippen LogP contribution in [-0.4, -0.2) is 24.7 Å². The maximum atomic E-state index is 13.8. The van der Waals surface area contributed by atoms with Gasteiger partial charge in [-0.2, -0.15) is 0 Å². The highest BCUT2D eigenvalue weighted by Crippen LogP contribution is 2.49. The molecule has 0 N–H and O–H groups in total. The number of alkyl halides is 1. The maximum Gasteiger partial charge on any atom is 0.109 e. The van der Waals surface area contributed by atoms with Crippen molar-refractivity contribution in [3.8, 4) is 0 Å². The molecule has 1 aliphatic carbocycles. The van der Waals surface area contributed by atoms with Crippen LogP contribution in [0.4, 0.5) is 4.39 Å². The van der Waals surface area contributed by atoms with Crippen LogP contribution in [0.5, 0.6) is 0 Å². The van der Waals surface area contributed by atoms with Crippen LogP contribution >= 0.6 is 0 Å². The van der Waals surface area contributed by atoms with Crippen molar-refractivity contribution < 1.29 is 4.39 Å². The molecule has 0 aromatic heterocycles. The van der Waals surface area contributed by atoms with E-state index in [1.165, 1.54) is 24.0 Å². The van der Waals surface area contributed by atoms with Gasteiger partial charge in [0.2, 0.25) is 0 Å². The molecule has 0 amide bonds. The number of rotatable bonds is 6. The molecular formula is C20H30FN. The fraction of sp³-hybridized carbons (Fsp3) is 0.600. The van der Waals surface area contributed by atoms with Crippen molar-refractivity contribution in [2.24, 2.45) is 11.3 Å². The number of hydrogen-bond acceptors (Lipinski definition) is 1. The Bertz CT molecular complexity index is 524. The fourth-order valence-electron chi connectivity index (χ4n) is 3.84. The Balaban J connectivity index is 2.14. The third-order valence-electron chi connectivity index (χ3n) is 5.92. The summed E-state index contributed by atoms with van der Waals surface area (Å²) in [7, 11) is 2.02. The first-order chi connectivity index (χ1) is 10.4. The van der Waals surface area contributed by atoms with E-state index in [-0.39, 0.29) is 18.1 Å². The van der Waals surface area contributed by atoms with Gasteiger partial charge in [-0.15, -0.1) is 0 Å². The van der Waals surface area contributed by atoms with E-state index in [0.717, 1.165) is 18.5 Å². The molecule has 22 heavy (non-hydrogen) atoms. The lowest BCUT2D eigenvalue weighted by molar-refractivity contribution is 0.176. The van der Waals surface area contributed by atoms with Gasteiger partial charge >= 0.3 is 0 Å². The maximum absolute atomic E-state index is 13.8. The Kier molecular flexibility index (Phi) is 5.44.